The summed E-state index contributed by atoms with van der Waals surface area (Å²) >= 11 is 0. The van der Waals surface area contributed by atoms with E-state index in [2.05, 4.69) is 4.74 Å². The van der Waals surface area contributed by atoms with E-state index in [0.29, 0.717) is 43.5 Å². The van der Waals surface area contributed by atoms with Gasteiger partial charge >= 0.3 is 11.9 Å². The number of methoxy groups -OCH3 is 2. The molecular weight excluding hydrogens is 536 g/mol. The summed E-state index contributed by atoms with van der Waals surface area (Å²) in [5.74, 6) is -2.08. The molecular formula is C30H35F2N3O6. The Morgan fingerprint density at radius 3 is 1.88 bits per heavy atom. The van der Waals surface area contributed by atoms with Crippen LogP contribution < -0.4 is 0 Å². The fourth-order valence-corrected chi connectivity index (χ4v) is 4.99. The van der Waals surface area contributed by atoms with Crippen LogP contribution in [0.4, 0.5) is 8.78 Å². The van der Waals surface area contributed by atoms with Gasteiger partial charge in [0.25, 0.3) is 11.8 Å². The van der Waals surface area contributed by atoms with Crippen molar-refractivity contribution in [2.75, 3.05) is 27.3 Å². The summed E-state index contributed by atoms with van der Waals surface area (Å²) in [5.41, 5.74) is -0.123. The van der Waals surface area contributed by atoms with Gasteiger partial charge in [-0.05, 0) is 80.6 Å². The number of carbonyl (C=O) groups excluding carboxylic acids is 4. The molecule has 2 aliphatic rings. The molecule has 11 heteroatoms. The van der Waals surface area contributed by atoms with Crippen LogP contribution in [0.3, 0.4) is 0 Å². The number of carbonyl (C=O) groups is 4. The minimum atomic E-state index is -0.889. The molecule has 2 atom stereocenters. The van der Waals surface area contributed by atoms with Crippen LogP contribution in [0.25, 0.3) is 0 Å². The summed E-state index contributed by atoms with van der Waals surface area (Å²) in [5, 5.41) is 7.32. The third-order valence-electron chi connectivity index (χ3n) is 7.05. The quantitative estimate of drug-likeness (QED) is 0.485. The standard InChI is InChI=1S/C15H18FNO3.C13H14FNO3.C2H3N/c1-3-15(14(19)20-2)9-4-10-17(15)13(18)11-5-7-12(16)8-6-11;1-18-13(17)11-3-2-8-15(11)12(16)9-4-6-10(14)7-5-9;1-2-3/h5-8H,3-4,9-10H2,1-2H3;4-7,11H,2-3,8H2,1H3;1H3. The van der Waals surface area contributed by atoms with Crippen molar-refractivity contribution in [3.05, 3.63) is 71.3 Å². The molecule has 2 aliphatic heterocycles. The molecule has 4 rings (SSSR count). The van der Waals surface area contributed by atoms with Crippen LogP contribution >= 0.6 is 0 Å². The number of hydrogen-bond acceptors (Lipinski definition) is 7. The van der Waals surface area contributed by atoms with Crippen molar-refractivity contribution in [2.24, 2.45) is 0 Å². The van der Waals surface area contributed by atoms with Crippen molar-refractivity contribution in [1.82, 2.24) is 9.80 Å². The van der Waals surface area contributed by atoms with Crippen molar-refractivity contribution in [1.29, 1.82) is 5.26 Å². The molecule has 41 heavy (non-hydrogen) atoms. The predicted octanol–water partition coefficient (Wildman–Crippen LogP) is 4.52. The third-order valence-corrected chi connectivity index (χ3v) is 7.05. The lowest BCUT2D eigenvalue weighted by Crippen LogP contribution is -2.53. The summed E-state index contributed by atoms with van der Waals surface area (Å²) in [7, 11) is 2.64. The predicted molar refractivity (Wildman–Crippen MR) is 145 cm³/mol. The number of benzene rings is 2. The Morgan fingerprint density at radius 1 is 0.902 bits per heavy atom. The highest BCUT2D eigenvalue weighted by Gasteiger charge is 2.49. The first kappa shape index (κ1) is 32.9. The summed E-state index contributed by atoms with van der Waals surface area (Å²) in [6.07, 6.45) is 3.25. The number of likely N-dealkylation sites (tertiary alicyclic amines) is 2. The number of nitriles is 1. The molecule has 0 bridgehead atoms. The lowest BCUT2D eigenvalue weighted by molar-refractivity contribution is -0.152. The van der Waals surface area contributed by atoms with E-state index in [1.54, 1.807) is 11.0 Å². The maximum absolute atomic E-state index is 12.9. The molecule has 2 fully saturated rings. The van der Waals surface area contributed by atoms with Gasteiger partial charge in [-0.1, -0.05) is 6.92 Å². The normalized spacial score (nSPS) is 19.1. The van der Waals surface area contributed by atoms with Gasteiger partial charge in [-0.25, -0.2) is 18.4 Å². The van der Waals surface area contributed by atoms with Crippen molar-refractivity contribution in [2.45, 2.75) is 57.5 Å². The molecule has 2 saturated heterocycles. The van der Waals surface area contributed by atoms with Crippen LogP contribution in [0.5, 0.6) is 0 Å². The second-order valence-electron chi connectivity index (χ2n) is 9.35. The van der Waals surface area contributed by atoms with Crippen molar-refractivity contribution in [3.8, 4) is 6.07 Å². The zero-order chi connectivity index (χ0) is 30.6. The molecule has 220 valence electrons. The summed E-state index contributed by atoms with van der Waals surface area (Å²) < 4.78 is 35.3. The Kier molecular flexibility index (Phi) is 12.4. The Balaban J connectivity index is 0.000000263. The first-order chi connectivity index (χ1) is 19.6. The Morgan fingerprint density at radius 2 is 1.41 bits per heavy atom. The first-order valence-corrected chi connectivity index (χ1v) is 13.2. The van der Waals surface area contributed by atoms with E-state index in [-0.39, 0.29) is 17.8 Å². The Hall–Kier alpha value is -4.33. The van der Waals surface area contributed by atoms with E-state index in [1.165, 1.54) is 74.6 Å². The van der Waals surface area contributed by atoms with Crippen LogP contribution in [0.1, 0.15) is 66.7 Å². The fraction of sp³-hybridized carbons (Fsp3) is 0.433. The molecule has 2 heterocycles. The van der Waals surface area contributed by atoms with Gasteiger partial charge in [0, 0.05) is 31.1 Å². The molecule has 2 amide bonds. The lowest BCUT2D eigenvalue weighted by Gasteiger charge is -2.35. The fourth-order valence-electron chi connectivity index (χ4n) is 4.99. The molecule has 2 aromatic rings. The number of amides is 2. The maximum Gasteiger partial charge on any atom is 0.331 e. The average molecular weight is 572 g/mol. The van der Waals surface area contributed by atoms with Gasteiger partial charge in [-0.15, -0.1) is 0 Å². The first-order valence-electron chi connectivity index (χ1n) is 13.2. The van der Waals surface area contributed by atoms with Crippen LogP contribution in [0.2, 0.25) is 0 Å². The minimum Gasteiger partial charge on any atom is -0.467 e. The number of nitrogens with zero attached hydrogens (tertiary/aromatic N) is 3. The number of esters is 2. The van der Waals surface area contributed by atoms with Crippen LogP contribution in [0.15, 0.2) is 48.5 Å². The van der Waals surface area contributed by atoms with Crippen molar-refractivity contribution >= 4 is 23.8 Å². The van der Waals surface area contributed by atoms with Crippen LogP contribution in [0, 0.1) is 23.0 Å². The van der Waals surface area contributed by atoms with Crippen LogP contribution in [-0.4, -0.2) is 72.4 Å². The number of rotatable bonds is 5. The molecule has 2 unspecified atom stereocenters. The number of halogens is 2. The van der Waals surface area contributed by atoms with Gasteiger partial charge in [-0.3, -0.25) is 9.59 Å². The average Bonchev–Trinajstić information content (AvgIpc) is 3.65. The Labute approximate surface area is 238 Å². The topological polar surface area (TPSA) is 117 Å². The smallest absolute Gasteiger partial charge is 0.331 e. The number of hydrogen-bond donors (Lipinski definition) is 0. The monoisotopic (exact) mass is 571 g/mol. The van der Waals surface area contributed by atoms with Crippen molar-refractivity contribution < 1.29 is 37.4 Å². The summed E-state index contributed by atoms with van der Waals surface area (Å²) in [6.45, 7) is 4.34. The molecule has 2 aromatic carbocycles. The van der Waals surface area contributed by atoms with Gasteiger partial charge < -0.3 is 19.3 Å². The van der Waals surface area contributed by atoms with E-state index >= 15 is 0 Å². The van der Waals surface area contributed by atoms with E-state index < -0.39 is 29.2 Å². The maximum atomic E-state index is 12.9. The summed E-state index contributed by atoms with van der Waals surface area (Å²) in [4.78, 5) is 51.4. The molecule has 0 N–H and O–H groups in total. The number of ether oxygens (including phenoxy) is 2. The van der Waals surface area contributed by atoms with Gasteiger partial charge in [0.1, 0.15) is 23.2 Å². The van der Waals surface area contributed by atoms with E-state index in [0.717, 1.165) is 12.8 Å². The van der Waals surface area contributed by atoms with Gasteiger partial charge in [0.2, 0.25) is 0 Å². The van der Waals surface area contributed by atoms with Gasteiger partial charge in [0.15, 0.2) is 0 Å². The largest absolute Gasteiger partial charge is 0.467 e. The molecule has 9 nitrogen and oxygen atoms in total. The van der Waals surface area contributed by atoms with Gasteiger partial charge in [0.05, 0.1) is 20.3 Å². The highest BCUT2D eigenvalue weighted by molar-refractivity contribution is 5.99. The highest BCUT2D eigenvalue weighted by atomic mass is 19.1. The lowest BCUT2D eigenvalue weighted by atomic mass is 9.92. The molecule has 0 spiro atoms. The minimum absolute atomic E-state index is 0.255. The SMILES string of the molecule is CC#N.CCC1(C(=O)OC)CCCN1C(=O)c1ccc(F)cc1.COC(=O)C1CCCN1C(=O)c1ccc(F)cc1. The second-order valence-corrected chi connectivity index (χ2v) is 9.35. The molecule has 0 aromatic heterocycles. The Bertz CT molecular complexity index is 1250. The summed E-state index contributed by atoms with van der Waals surface area (Å²) in [6, 6.07) is 11.9. The molecule has 0 radical (unpaired) electrons. The van der Waals surface area contributed by atoms with Crippen LogP contribution in [-0.2, 0) is 19.1 Å². The van der Waals surface area contributed by atoms with Crippen molar-refractivity contribution in [3.63, 3.8) is 0 Å². The molecule has 0 saturated carbocycles. The third kappa shape index (κ3) is 7.87. The zero-order valence-corrected chi connectivity index (χ0v) is 23.7. The highest BCUT2D eigenvalue weighted by Crippen LogP contribution is 2.35. The zero-order valence-electron chi connectivity index (χ0n) is 23.7. The van der Waals surface area contributed by atoms with E-state index in [9.17, 15) is 28.0 Å². The second kappa shape index (κ2) is 15.5. The van der Waals surface area contributed by atoms with Gasteiger partial charge in [-0.2, -0.15) is 5.26 Å². The van der Waals surface area contributed by atoms with E-state index in [4.69, 9.17) is 10.00 Å². The molecule has 0 aliphatic carbocycles. The van der Waals surface area contributed by atoms with E-state index in [1.807, 2.05) is 6.92 Å².